The molecule has 0 saturated carbocycles. The van der Waals surface area contributed by atoms with Crippen molar-refractivity contribution in [2.24, 2.45) is 40.5 Å². The normalized spacial score (nSPS) is 14.5. The smallest absolute Gasteiger partial charge is 0.305 e. The molecule has 14 atom stereocenters. The highest BCUT2D eigenvalue weighted by Crippen LogP contribution is 2.15. The van der Waals surface area contributed by atoms with E-state index in [0.29, 0.717) is 30.3 Å². The third-order valence-electron chi connectivity index (χ3n) is 17.8. The molecule has 638 valence electrons. The van der Waals surface area contributed by atoms with Gasteiger partial charge in [0.1, 0.15) is 66.7 Å². The quantitative estimate of drug-likeness (QED) is 0.00962. The number of amides is 13. The molecule has 44 heteroatoms. The first kappa shape index (κ1) is 99.5. The van der Waals surface area contributed by atoms with Gasteiger partial charge in [-0.15, -0.1) is 0 Å². The van der Waals surface area contributed by atoms with Crippen LogP contribution in [0.5, 0.6) is 0 Å². The Morgan fingerprint density at radius 2 is 0.748 bits per heavy atom. The number of hydrogen-bond acceptors (Lipinski definition) is 22. The molecule has 42 nitrogen and oxygen atoms in total. The minimum absolute atomic E-state index is 0.00660. The highest BCUT2D eigenvalue weighted by molar-refractivity contribution is 7.80. The number of carboxylic acids is 1. The molecule has 0 aliphatic heterocycles. The highest BCUT2D eigenvalue weighted by atomic mass is 32.1. The van der Waals surface area contributed by atoms with Gasteiger partial charge in [0.15, 0.2) is 23.8 Å². The maximum absolute atomic E-state index is 14.5. The zero-order valence-corrected chi connectivity index (χ0v) is 66.9. The van der Waals surface area contributed by atoms with Crippen molar-refractivity contribution in [3.63, 3.8) is 0 Å². The first-order chi connectivity index (χ1) is 54.5. The van der Waals surface area contributed by atoms with Crippen molar-refractivity contribution >= 4 is 138 Å². The molecule has 13 amide bonds. The summed E-state index contributed by atoms with van der Waals surface area (Å²) in [5, 5.41) is 82.8. The van der Waals surface area contributed by atoms with E-state index < -0.39 is 199 Å². The van der Waals surface area contributed by atoms with Crippen molar-refractivity contribution in [2.75, 3.05) is 50.8 Å². The van der Waals surface area contributed by atoms with E-state index in [-0.39, 0.29) is 114 Å². The van der Waals surface area contributed by atoms with Gasteiger partial charge in [0.05, 0.1) is 31.6 Å². The van der Waals surface area contributed by atoms with Crippen molar-refractivity contribution in [3.8, 4) is 0 Å². The fraction of sp³-hybridized carbons (Fsp3) is 0.563. The third kappa shape index (κ3) is 40.1. The van der Waals surface area contributed by atoms with Gasteiger partial charge < -0.3 is 129 Å². The van der Waals surface area contributed by atoms with Gasteiger partial charge in [0.25, 0.3) is 0 Å². The number of rotatable bonds is 55. The largest absolute Gasteiger partial charge is 0.481 e. The fourth-order valence-corrected chi connectivity index (χ4v) is 11.4. The number of hydrogen-bond donors (Lipinski definition) is 29. The molecule has 2 rings (SSSR count). The Morgan fingerprint density at radius 1 is 0.400 bits per heavy atom. The molecule has 0 radical (unpaired) electrons. The van der Waals surface area contributed by atoms with Crippen LogP contribution in [-0.4, -0.2) is 241 Å². The second-order valence-electron chi connectivity index (χ2n) is 27.1. The van der Waals surface area contributed by atoms with Gasteiger partial charge in [0.2, 0.25) is 76.8 Å². The number of guanidine groups is 4. The average molecular weight is 1650 g/mol. The number of benzene rings is 2. The van der Waals surface area contributed by atoms with Crippen molar-refractivity contribution < 1.29 is 77.0 Å². The molecule has 115 heavy (non-hydrogen) atoms. The number of thiol groups is 2. The van der Waals surface area contributed by atoms with Crippen molar-refractivity contribution in [1.29, 1.82) is 21.6 Å². The molecule has 0 aliphatic carbocycles. The number of aldehydes is 1. The molecule has 32 N–H and O–H groups in total. The molecule has 0 saturated heterocycles. The van der Waals surface area contributed by atoms with E-state index in [4.69, 9.17) is 50.3 Å². The van der Waals surface area contributed by atoms with Gasteiger partial charge in [0, 0.05) is 50.5 Å². The van der Waals surface area contributed by atoms with Crippen LogP contribution in [0.4, 0.5) is 0 Å². The fourth-order valence-electron chi connectivity index (χ4n) is 10.9. The lowest BCUT2D eigenvalue weighted by molar-refractivity contribution is -0.142. The first-order valence-corrected chi connectivity index (χ1v) is 38.7. The summed E-state index contributed by atoms with van der Waals surface area (Å²) in [4.78, 5) is 205. The van der Waals surface area contributed by atoms with Gasteiger partial charge in [-0.3, -0.25) is 88.8 Å². The lowest BCUT2D eigenvalue weighted by Crippen LogP contribution is -2.62. The van der Waals surface area contributed by atoms with E-state index in [1.807, 2.05) is 0 Å². The number of carbonyl (C=O) groups excluding carboxylic acids is 14. The van der Waals surface area contributed by atoms with Gasteiger partial charge in [-0.05, 0) is 81.3 Å². The van der Waals surface area contributed by atoms with Crippen LogP contribution >= 0.6 is 25.3 Å². The predicted molar refractivity (Wildman–Crippen MR) is 433 cm³/mol. The van der Waals surface area contributed by atoms with Crippen LogP contribution in [-0.2, 0) is 84.8 Å². The van der Waals surface area contributed by atoms with Crippen molar-refractivity contribution in [1.82, 2.24) is 90.4 Å². The molecule has 0 bridgehead atoms. The molecule has 2 aromatic rings. The number of nitrogens with one attached hydrogen (secondary N) is 21. The Balaban J connectivity index is 2.34. The number of carboxylic acid groups (broad SMARTS) is 1. The number of aliphatic carboxylic acids is 1. The van der Waals surface area contributed by atoms with Gasteiger partial charge >= 0.3 is 5.97 Å². The van der Waals surface area contributed by atoms with E-state index in [9.17, 15) is 77.0 Å². The van der Waals surface area contributed by atoms with Crippen LogP contribution in [0.25, 0.3) is 0 Å². The average Bonchev–Trinajstić information content (AvgIpc) is 0.851. The van der Waals surface area contributed by atoms with Crippen LogP contribution in [0, 0.1) is 33.5 Å². The molecule has 0 aliphatic rings. The van der Waals surface area contributed by atoms with E-state index >= 15 is 0 Å². The summed E-state index contributed by atoms with van der Waals surface area (Å²) >= 11 is 8.53. The zero-order chi connectivity index (χ0) is 86.3. The predicted octanol–water partition coefficient (Wildman–Crippen LogP) is -6.94. The summed E-state index contributed by atoms with van der Waals surface area (Å²) in [5.41, 5.74) is 28.9. The highest BCUT2D eigenvalue weighted by Gasteiger charge is 2.38. The number of carbonyl (C=O) groups is 15. The Labute approximate surface area is 677 Å². The van der Waals surface area contributed by atoms with Crippen LogP contribution in [0.15, 0.2) is 60.7 Å². The summed E-state index contributed by atoms with van der Waals surface area (Å²) in [5.74, 6) is -16.9. The van der Waals surface area contributed by atoms with Gasteiger partial charge in [-0.25, -0.2) is 0 Å². The Bertz CT molecular complexity index is 3610. The molecule has 0 spiro atoms. The van der Waals surface area contributed by atoms with E-state index in [0.717, 1.165) is 0 Å². The molecule has 0 fully saturated rings. The van der Waals surface area contributed by atoms with E-state index in [1.165, 1.54) is 13.8 Å². The molecular formula is C71H116N26O16S2. The van der Waals surface area contributed by atoms with Crippen LogP contribution in [0.3, 0.4) is 0 Å². The monoisotopic (exact) mass is 1650 g/mol. The Hall–Kier alpha value is -11.6. The summed E-state index contributed by atoms with van der Waals surface area (Å²) in [7, 11) is 0. The van der Waals surface area contributed by atoms with E-state index in [2.05, 4.69) is 116 Å². The summed E-state index contributed by atoms with van der Waals surface area (Å²) < 4.78 is 0. The van der Waals surface area contributed by atoms with Crippen LogP contribution in [0.1, 0.15) is 116 Å². The maximum atomic E-state index is 14.5. The lowest BCUT2D eigenvalue weighted by Gasteiger charge is -2.30. The molecule has 0 heterocycles. The Kier molecular flexibility index (Phi) is 46.9. The lowest BCUT2D eigenvalue weighted by atomic mass is 9.96. The van der Waals surface area contributed by atoms with E-state index in [1.54, 1.807) is 81.4 Å². The Morgan fingerprint density at radius 3 is 1.16 bits per heavy atom. The topological polar surface area (TPSA) is 706 Å². The summed E-state index contributed by atoms with van der Waals surface area (Å²) in [6.07, 6.45) is 0.363. The summed E-state index contributed by atoms with van der Waals surface area (Å²) in [6.45, 7) is 6.73. The summed E-state index contributed by atoms with van der Waals surface area (Å²) in [6, 6.07) is 0.299. The number of nitrogens with two attached hydrogens (primary N) is 5. The minimum atomic E-state index is -1.97. The molecule has 0 unspecified atom stereocenters. The SMILES string of the molecule is CC[C@H](C)[C@H](NC(=O)[C@H](CCCNC(=N)N)NC(=O)CNC(=O)CNC(=O)[C@@H](C)NC(=O)[C@H](Cc1ccccc1)NC(=O)[C@H](CS)NC(=O)[C@@H](N)CCCNC(=N)N)C(=O)N[C@@H](CC(=O)O)C(=O)N[C@@H](CCCNC(=N)N)C(=O)N[C@H](C(=O)N[C@@H](CS)C(=O)N[C@@H](Cc1ccccc1)C(=O)N[C@H](C=O)CCCNC(=N)N)[C@@H](C)CC. The standard InChI is InChI=1S/C71H116N26O16S2/c1-6-38(3)55(96-59(105)45(24-16-28-83-70(77)78)89-53(100)34-85-52(99)33-86-57(103)40(5)87-61(107)47(30-41-18-10-8-11-19-41)91-64(110)50(36-114)94-58(104)44(72)23-15-27-82-69(75)76)66(112)93-49(32-54(101)102)63(109)90-46(25-17-29-84-71(79)80)60(106)97-56(39(4)7-2)67(113)95-51(37-115)65(111)92-48(31-42-20-12-9-13-21-42)62(108)88-43(35-98)22-14-26-81-68(73)74/h8-13,18-21,35,38-40,43-51,55-56,114-115H,6-7,14-17,22-34,36-37,72H2,1-5H3,(H,85,99)(H,86,103)(H,87,107)(H,88,108)(H,89,100)(H,90,109)(H,91,110)(H,92,111)(H,93,112)(H,94,104)(H,95,113)(H,96,105)(H,97,106)(H,101,102)(H4,73,74,81)(H4,75,76,82)(H4,77,78,83)(H4,79,80,84)/t38-,39-,40+,43-,44-,45-,46-,47-,48-,49-,50-,51-,55-,56-/m0/s1. The molecule has 0 aromatic heterocycles. The minimum Gasteiger partial charge on any atom is -0.481 e. The molecule has 2 aromatic carbocycles. The third-order valence-corrected chi connectivity index (χ3v) is 18.5. The zero-order valence-electron chi connectivity index (χ0n) is 65.1. The molecular weight excluding hydrogens is 1540 g/mol. The van der Waals surface area contributed by atoms with Crippen LogP contribution in [0.2, 0.25) is 0 Å². The van der Waals surface area contributed by atoms with Gasteiger partial charge in [-0.2, -0.15) is 25.3 Å². The maximum Gasteiger partial charge on any atom is 0.305 e. The van der Waals surface area contributed by atoms with Gasteiger partial charge in [-0.1, -0.05) is 101 Å². The van der Waals surface area contributed by atoms with Crippen LogP contribution < -0.4 is 119 Å². The second-order valence-corrected chi connectivity index (χ2v) is 27.8. The second kappa shape index (κ2) is 54.2. The first-order valence-electron chi connectivity index (χ1n) is 37.4. The van der Waals surface area contributed by atoms with Crippen molar-refractivity contribution in [3.05, 3.63) is 71.8 Å². The van der Waals surface area contributed by atoms with Crippen molar-refractivity contribution in [2.45, 2.75) is 191 Å².